The van der Waals surface area contributed by atoms with Gasteiger partial charge in [-0.1, -0.05) is 30.0 Å². The molecular weight excluding hydrogens is 308 g/mol. The molecule has 110 valence electrons. The summed E-state index contributed by atoms with van der Waals surface area (Å²) in [5, 5.41) is 9.63. The number of anilines is 1. The Bertz CT molecular complexity index is 549. The Labute approximate surface area is 132 Å². The minimum absolute atomic E-state index is 0.129. The first-order valence-corrected chi connectivity index (χ1v) is 9.02. The molecule has 20 heavy (non-hydrogen) atoms. The van der Waals surface area contributed by atoms with E-state index in [0.717, 1.165) is 15.9 Å². The van der Waals surface area contributed by atoms with E-state index in [0.29, 0.717) is 0 Å². The summed E-state index contributed by atoms with van der Waals surface area (Å²) >= 11 is 5.16. The van der Waals surface area contributed by atoms with Crippen LogP contribution in [0, 0.1) is 6.92 Å². The van der Waals surface area contributed by atoms with Gasteiger partial charge in [-0.05, 0) is 25.5 Å². The van der Waals surface area contributed by atoms with Crippen molar-refractivity contribution in [2.75, 3.05) is 19.0 Å². The Kier molecular flexibility index (Phi) is 5.42. The molecule has 2 heterocycles. The van der Waals surface area contributed by atoms with Gasteiger partial charge in [-0.3, -0.25) is 0 Å². The molecule has 0 bridgehead atoms. The van der Waals surface area contributed by atoms with E-state index in [1.54, 1.807) is 23.1 Å². The number of aromatic nitrogens is 2. The first-order valence-electron chi connectivity index (χ1n) is 6.50. The average Bonchev–Trinajstić information content (AvgIpc) is 3.04. The molecule has 0 aromatic carbocycles. The van der Waals surface area contributed by atoms with E-state index in [9.17, 15) is 0 Å². The molecule has 0 amide bonds. The lowest BCUT2D eigenvalue weighted by Gasteiger charge is -2.19. The van der Waals surface area contributed by atoms with Crippen LogP contribution in [-0.2, 0) is 0 Å². The molecule has 0 radical (unpaired) electrons. The maximum absolute atomic E-state index is 6.30. The molecule has 0 aliphatic rings. The van der Waals surface area contributed by atoms with Gasteiger partial charge in [0, 0.05) is 29.9 Å². The van der Waals surface area contributed by atoms with E-state index in [2.05, 4.69) is 36.2 Å². The minimum Gasteiger partial charge on any atom is -0.353 e. The van der Waals surface area contributed by atoms with Crippen molar-refractivity contribution in [3.63, 3.8) is 0 Å². The second-order valence-electron chi connectivity index (χ2n) is 4.80. The summed E-state index contributed by atoms with van der Waals surface area (Å²) in [5.41, 5.74) is 6.30. The molecule has 2 aromatic heterocycles. The molecule has 0 spiro atoms. The van der Waals surface area contributed by atoms with Crippen molar-refractivity contribution >= 4 is 39.6 Å². The lowest BCUT2D eigenvalue weighted by Crippen LogP contribution is -2.25. The highest BCUT2D eigenvalue weighted by atomic mass is 32.2. The van der Waals surface area contributed by atoms with Crippen LogP contribution in [0.4, 0.5) is 5.13 Å². The number of nitrogens with two attached hydrogens (primary N) is 1. The van der Waals surface area contributed by atoms with Crippen molar-refractivity contribution in [2.45, 2.75) is 35.9 Å². The topological polar surface area (TPSA) is 55.0 Å². The molecule has 2 atom stereocenters. The minimum atomic E-state index is 0.129. The zero-order valence-corrected chi connectivity index (χ0v) is 14.6. The third-order valence-electron chi connectivity index (χ3n) is 2.91. The van der Waals surface area contributed by atoms with Crippen LogP contribution >= 0.6 is 34.4 Å². The zero-order chi connectivity index (χ0) is 14.7. The van der Waals surface area contributed by atoms with Crippen molar-refractivity contribution < 1.29 is 0 Å². The molecule has 0 saturated carbocycles. The number of thioether (sulfide) groups is 1. The van der Waals surface area contributed by atoms with Gasteiger partial charge in [0.2, 0.25) is 5.13 Å². The van der Waals surface area contributed by atoms with Crippen LogP contribution in [0.3, 0.4) is 0 Å². The van der Waals surface area contributed by atoms with Gasteiger partial charge in [-0.25, -0.2) is 0 Å². The summed E-state index contributed by atoms with van der Waals surface area (Å²) in [6.07, 6.45) is 0.952. The second kappa shape index (κ2) is 6.89. The Morgan fingerprint density at radius 2 is 2.05 bits per heavy atom. The maximum atomic E-state index is 6.30. The van der Waals surface area contributed by atoms with Crippen molar-refractivity contribution in [3.05, 3.63) is 21.9 Å². The number of rotatable bonds is 6. The highest BCUT2D eigenvalue weighted by molar-refractivity contribution is 8.01. The molecule has 7 heteroatoms. The standard InChI is InChI=1S/C13H20N4S3/c1-5-9(14)11(10-7-6-8(2)18-10)19-13-16-15-12(20-13)17(3)4/h6-7,9,11H,5,14H2,1-4H3. The number of aryl methyl sites for hydroxylation is 1. The van der Waals surface area contributed by atoms with Crippen LogP contribution in [0.15, 0.2) is 16.5 Å². The molecule has 4 nitrogen and oxygen atoms in total. The van der Waals surface area contributed by atoms with Crippen molar-refractivity contribution in [3.8, 4) is 0 Å². The quantitative estimate of drug-likeness (QED) is 0.822. The molecule has 2 aromatic rings. The molecule has 0 saturated heterocycles. The average molecular weight is 329 g/mol. The normalized spacial score (nSPS) is 14.2. The monoisotopic (exact) mass is 328 g/mol. The van der Waals surface area contributed by atoms with Crippen molar-refractivity contribution in [1.29, 1.82) is 0 Å². The summed E-state index contributed by atoms with van der Waals surface area (Å²) < 4.78 is 0.980. The summed E-state index contributed by atoms with van der Waals surface area (Å²) in [7, 11) is 3.96. The molecule has 0 aliphatic carbocycles. The van der Waals surface area contributed by atoms with Crippen LogP contribution < -0.4 is 10.6 Å². The van der Waals surface area contributed by atoms with Gasteiger partial charge >= 0.3 is 0 Å². The van der Waals surface area contributed by atoms with E-state index in [1.165, 1.54) is 9.75 Å². The van der Waals surface area contributed by atoms with E-state index in [1.807, 2.05) is 30.3 Å². The Morgan fingerprint density at radius 3 is 2.55 bits per heavy atom. The van der Waals surface area contributed by atoms with E-state index in [-0.39, 0.29) is 11.3 Å². The fourth-order valence-electron chi connectivity index (χ4n) is 1.72. The van der Waals surface area contributed by atoms with Crippen LogP contribution in [-0.4, -0.2) is 30.3 Å². The number of thiophene rings is 1. The molecule has 0 aliphatic heterocycles. The summed E-state index contributed by atoms with van der Waals surface area (Å²) in [5.74, 6) is 0. The SMILES string of the molecule is CCC(N)C(Sc1nnc(N(C)C)s1)c1ccc(C)s1. The van der Waals surface area contributed by atoms with Gasteiger partial charge in [0.05, 0.1) is 5.25 Å². The Morgan fingerprint density at radius 1 is 1.30 bits per heavy atom. The molecular formula is C13H20N4S3. The summed E-state index contributed by atoms with van der Waals surface area (Å²) in [4.78, 5) is 4.62. The maximum Gasteiger partial charge on any atom is 0.208 e. The van der Waals surface area contributed by atoms with Gasteiger partial charge in [0.25, 0.3) is 0 Å². The number of hydrogen-bond acceptors (Lipinski definition) is 7. The molecule has 0 fully saturated rings. The van der Waals surface area contributed by atoms with Gasteiger partial charge in [0.15, 0.2) is 4.34 Å². The van der Waals surface area contributed by atoms with Gasteiger partial charge in [0.1, 0.15) is 0 Å². The lowest BCUT2D eigenvalue weighted by molar-refractivity contribution is 0.639. The van der Waals surface area contributed by atoms with E-state index in [4.69, 9.17) is 5.73 Å². The van der Waals surface area contributed by atoms with Crippen molar-refractivity contribution in [1.82, 2.24) is 10.2 Å². The van der Waals surface area contributed by atoms with Crippen LogP contribution in [0.1, 0.15) is 28.3 Å². The largest absolute Gasteiger partial charge is 0.353 e. The smallest absolute Gasteiger partial charge is 0.208 e. The van der Waals surface area contributed by atoms with E-state index < -0.39 is 0 Å². The van der Waals surface area contributed by atoms with Crippen LogP contribution in [0.2, 0.25) is 0 Å². The van der Waals surface area contributed by atoms with Crippen LogP contribution in [0.5, 0.6) is 0 Å². The van der Waals surface area contributed by atoms with Gasteiger partial charge in [-0.15, -0.1) is 21.5 Å². The predicted molar refractivity (Wildman–Crippen MR) is 90.2 cm³/mol. The highest BCUT2D eigenvalue weighted by Gasteiger charge is 2.23. The van der Waals surface area contributed by atoms with Crippen LogP contribution in [0.25, 0.3) is 0 Å². The fourth-order valence-corrected chi connectivity index (χ4v) is 5.04. The molecule has 2 N–H and O–H groups in total. The number of hydrogen-bond donors (Lipinski definition) is 1. The van der Waals surface area contributed by atoms with Gasteiger partial charge < -0.3 is 10.6 Å². The lowest BCUT2D eigenvalue weighted by atomic mass is 10.1. The number of nitrogens with zero attached hydrogens (tertiary/aromatic N) is 3. The highest BCUT2D eigenvalue weighted by Crippen LogP contribution is 2.42. The second-order valence-corrected chi connectivity index (χ2v) is 8.47. The Hall–Kier alpha value is -0.630. The summed E-state index contributed by atoms with van der Waals surface area (Å²) in [6, 6.07) is 4.47. The Balaban J connectivity index is 2.19. The molecule has 2 unspecified atom stereocenters. The first-order chi connectivity index (χ1) is 9.51. The summed E-state index contributed by atoms with van der Waals surface area (Å²) in [6.45, 7) is 4.26. The fraction of sp³-hybridized carbons (Fsp3) is 0.538. The van der Waals surface area contributed by atoms with E-state index >= 15 is 0 Å². The third kappa shape index (κ3) is 3.72. The molecule has 2 rings (SSSR count). The predicted octanol–water partition coefficient (Wildman–Crippen LogP) is 3.54. The van der Waals surface area contributed by atoms with Gasteiger partial charge in [-0.2, -0.15) is 0 Å². The third-order valence-corrected chi connectivity index (χ3v) is 6.71. The van der Waals surface area contributed by atoms with Crippen molar-refractivity contribution in [2.24, 2.45) is 5.73 Å². The first kappa shape index (κ1) is 15.8. The zero-order valence-electron chi connectivity index (χ0n) is 12.2.